The summed E-state index contributed by atoms with van der Waals surface area (Å²) in [5.74, 6) is 0.790. The first-order valence-electron chi connectivity index (χ1n) is 12.3. The molecule has 2 aliphatic heterocycles. The van der Waals surface area contributed by atoms with Crippen LogP contribution in [-0.4, -0.2) is 30.6 Å². The lowest BCUT2D eigenvalue weighted by Crippen LogP contribution is -2.49. The van der Waals surface area contributed by atoms with Gasteiger partial charge in [-0.15, -0.1) is 0 Å². The molecule has 0 radical (unpaired) electrons. The Morgan fingerprint density at radius 1 is 0.735 bits per heavy atom. The van der Waals surface area contributed by atoms with Gasteiger partial charge in [0.25, 0.3) is 0 Å². The fraction of sp³-hybridized carbons (Fsp3) is 0.379. The molecular formula is C29H31Cl3N2. The van der Waals surface area contributed by atoms with Gasteiger partial charge in [-0.2, -0.15) is 0 Å². The number of likely N-dealkylation sites (tertiary alicyclic amines) is 1. The molecule has 0 aromatic heterocycles. The highest BCUT2D eigenvalue weighted by atomic mass is 35.5. The van der Waals surface area contributed by atoms with Gasteiger partial charge in [0.1, 0.15) is 0 Å². The summed E-state index contributed by atoms with van der Waals surface area (Å²) in [7, 11) is 0. The zero-order valence-corrected chi connectivity index (χ0v) is 21.6. The maximum Gasteiger partial charge on any atom is 0.0654 e. The fourth-order valence-corrected chi connectivity index (χ4v) is 6.39. The average molecular weight is 514 g/mol. The number of piperidine rings is 2. The number of nitrogens with zero attached hydrogens (tertiary/aromatic N) is 2. The summed E-state index contributed by atoms with van der Waals surface area (Å²) in [5, 5.41) is 2.16. The van der Waals surface area contributed by atoms with Crippen LogP contribution < -0.4 is 4.90 Å². The van der Waals surface area contributed by atoms with Crippen LogP contribution in [0.1, 0.15) is 42.9 Å². The van der Waals surface area contributed by atoms with E-state index >= 15 is 0 Å². The molecule has 3 aromatic rings. The van der Waals surface area contributed by atoms with E-state index in [2.05, 4.69) is 58.3 Å². The Morgan fingerprint density at radius 3 is 2.15 bits per heavy atom. The second-order valence-corrected chi connectivity index (χ2v) is 11.0. The Labute approximate surface area is 218 Å². The molecule has 5 rings (SSSR count). The highest BCUT2D eigenvalue weighted by Gasteiger charge is 2.35. The van der Waals surface area contributed by atoms with E-state index in [-0.39, 0.29) is 6.04 Å². The first-order chi connectivity index (χ1) is 16.6. The second kappa shape index (κ2) is 10.9. The van der Waals surface area contributed by atoms with E-state index in [1.54, 1.807) is 0 Å². The third kappa shape index (κ3) is 5.57. The molecule has 2 fully saturated rings. The summed E-state index contributed by atoms with van der Waals surface area (Å²) in [6, 6.07) is 26.0. The average Bonchev–Trinajstić information content (AvgIpc) is 2.86. The zero-order valence-electron chi connectivity index (χ0n) is 19.3. The highest BCUT2D eigenvalue weighted by molar-refractivity contribution is 6.36. The summed E-state index contributed by atoms with van der Waals surface area (Å²) in [4.78, 5) is 5.20. The highest BCUT2D eigenvalue weighted by Crippen LogP contribution is 2.41. The largest absolute Gasteiger partial charge is 0.363 e. The molecular weight excluding hydrogens is 483 g/mol. The van der Waals surface area contributed by atoms with Crippen molar-refractivity contribution < 1.29 is 0 Å². The standard InChI is InChI=1S/C29H31Cl3N2/c30-24-8-6-23(7-9-24)29-20-26(14-17-34(29)28-11-10-25(31)19-27(28)32)33-15-12-22(13-16-33)18-21-4-2-1-3-5-21/h1-11,19,22,26,29H,12-18,20H2. The van der Waals surface area contributed by atoms with Crippen molar-refractivity contribution in [1.82, 2.24) is 4.90 Å². The van der Waals surface area contributed by atoms with Crippen LogP contribution in [0, 0.1) is 5.92 Å². The van der Waals surface area contributed by atoms with E-state index in [0.717, 1.165) is 36.0 Å². The first-order valence-corrected chi connectivity index (χ1v) is 13.5. The molecule has 2 unspecified atom stereocenters. The van der Waals surface area contributed by atoms with E-state index in [1.165, 1.54) is 43.5 Å². The number of halogens is 3. The molecule has 3 aromatic carbocycles. The van der Waals surface area contributed by atoms with E-state index in [4.69, 9.17) is 34.8 Å². The Morgan fingerprint density at radius 2 is 1.44 bits per heavy atom. The van der Waals surface area contributed by atoms with Gasteiger partial charge in [0.05, 0.1) is 16.8 Å². The van der Waals surface area contributed by atoms with Crippen LogP contribution >= 0.6 is 34.8 Å². The molecule has 2 saturated heterocycles. The molecule has 0 saturated carbocycles. The predicted molar refractivity (Wildman–Crippen MR) is 145 cm³/mol. The third-order valence-corrected chi connectivity index (χ3v) is 8.37. The minimum absolute atomic E-state index is 0.261. The summed E-state index contributed by atoms with van der Waals surface area (Å²) < 4.78 is 0. The lowest BCUT2D eigenvalue weighted by Gasteiger charge is -2.46. The lowest BCUT2D eigenvalue weighted by molar-refractivity contribution is 0.106. The van der Waals surface area contributed by atoms with Gasteiger partial charge in [-0.25, -0.2) is 0 Å². The maximum absolute atomic E-state index is 6.65. The zero-order chi connectivity index (χ0) is 23.5. The van der Waals surface area contributed by atoms with Crippen molar-refractivity contribution in [3.8, 4) is 0 Å². The van der Waals surface area contributed by atoms with Gasteiger partial charge in [0.15, 0.2) is 0 Å². The molecule has 0 bridgehead atoms. The van der Waals surface area contributed by atoms with Gasteiger partial charge in [0.2, 0.25) is 0 Å². The van der Waals surface area contributed by atoms with Gasteiger partial charge in [-0.1, -0.05) is 77.3 Å². The van der Waals surface area contributed by atoms with E-state index in [9.17, 15) is 0 Å². The Kier molecular flexibility index (Phi) is 7.70. The van der Waals surface area contributed by atoms with Gasteiger partial charge >= 0.3 is 0 Å². The minimum Gasteiger partial charge on any atom is -0.363 e. The third-order valence-electron chi connectivity index (χ3n) is 7.58. The Balaban J connectivity index is 1.30. The van der Waals surface area contributed by atoms with Crippen LogP contribution in [0.3, 0.4) is 0 Å². The van der Waals surface area contributed by atoms with Gasteiger partial charge < -0.3 is 9.80 Å². The second-order valence-electron chi connectivity index (χ2n) is 9.70. The topological polar surface area (TPSA) is 6.48 Å². The number of hydrogen-bond donors (Lipinski definition) is 0. The van der Waals surface area contributed by atoms with E-state index < -0.39 is 0 Å². The maximum atomic E-state index is 6.65. The molecule has 34 heavy (non-hydrogen) atoms. The van der Waals surface area contributed by atoms with Crippen LogP contribution in [0.25, 0.3) is 0 Å². The predicted octanol–water partition coefficient (Wildman–Crippen LogP) is 8.31. The van der Waals surface area contributed by atoms with Crippen molar-refractivity contribution in [2.75, 3.05) is 24.5 Å². The molecule has 5 heteroatoms. The number of benzene rings is 3. The lowest BCUT2D eigenvalue weighted by atomic mass is 9.86. The number of rotatable bonds is 5. The molecule has 178 valence electrons. The van der Waals surface area contributed by atoms with Crippen molar-refractivity contribution in [2.24, 2.45) is 5.92 Å². The van der Waals surface area contributed by atoms with E-state index in [1.807, 2.05) is 24.3 Å². The smallest absolute Gasteiger partial charge is 0.0654 e. The van der Waals surface area contributed by atoms with Crippen LogP contribution in [0.5, 0.6) is 0 Å². The molecule has 0 N–H and O–H groups in total. The number of anilines is 1. The molecule has 2 heterocycles. The van der Waals surface area contributed by atoms with Crippen molar-refractivity contribution in [1.29, 1.82) is 0 Å². The summed E-state index contributed by atoms with van der Waals surface area (Å²) in [6.07, 6.45) is 6.00. The number of hydrogen-bond acceptors (Lipinski definition) is 2. The van der Waals surface area contributed by atoms with Crippen molar-refractivity contribution in [3.05, 3.63) is 99.0 Å². The molecule has 2 aliphatic rings. The van der Waals surface area contributed by atoms with Crippen molar-refractivity contribution >= 4 is 40.5 Å². The first kappa shape index (κ1) is 24.0. The van der Waals surface area contributed by atoms with Gasteiger partial charge in [-0.3, -0.25) is 0 Å². The summed E-state index contributed by atoms with van der Waals surface area (Å²) in [5.41, 5.74) is 3.82. The van der Waals surface area contributed by atoms with Crippen LogP contribution in [-0.2, 0) is 6.42 Å². The van der Waals surface area contributed by atoms with Crippen molar-refractivity contribution in [3.63, 3.8) is 0 Å². The Hall–Kier alpha value is -1.71. The quantitative estimate of drug-likeness (QED) is 0.338. The van der Waals surface area contributed by atoms with Crippen LogP contribution in [0.15, 0.2) is 72.8 Å². The van der Waals surface area contributed by atoms with Crippen LogP contribution in [0.2, 0.25) is 15.1 Å². The summed E-state index contributed by atoms with van der Waals surface area (Å²) >= 11 is 19.1. The molecule has 0 aliphatic carbocycles. The van der Waals surface area contributed by atoms with Crippen molar-refractivity contribution in [2.45, 2.75) is 44.2 Å². The van der Waals surface area contributed by atoms with Gasteiger partial charge in [-0.05, 0) is 92.6 Å². The minimum atomic E-state index is 0.261. The molecule has 2 atom stereocenters. The SMILES string of the molecule is Clc1ccc(C2CC(N3CCC(Cc4ccccc4)CC3)CCN2c2ccc(Cl)cc2Cl)cc1. The Bertz CT molecular complexity index is 1080. The van der Waals surface area contributed by atoms with Crippen LogP contribution in [0.4, 0.5) is 5.69 Å². The molecule has 0 spiro atoms. The molecule has 2 nitrogen and oxygen atoms in total. The normalized spacial score (nSPS) is 22.1. The monoisotopic (exact) mass is 512 g/mol. The summed E-state index contributed by atoms with van der Waals surface area (Å²) in [6.45, 7) is 3.36. The fourth-order valence-electron chi connectivity index (χ4n) is 5.75. The van der Waals surface area contributed by atoms with E-state index in [0.29, 0.717) is 16.1 Å². The molecule has 0 amide bonds. The van der Waals surface area contributed by atoms with Gasteiger partial charge in [0, 0.05) is 22.6 Å².